The van der Waals surface area contributed by atoms with Gasteiger partial charge in [0.2, 0.25) is 11.6 Å². The summed E-state index contributed by atoms with van der Waals surface area (Å²) < 4.78 is 21.1. The van der Waals surface area contributed by atoms with Gasteiger partial charge >= 0.3 is 0 Å². The standard InChI is InChI=1S/C14H19N3O4/c1-8(14-16-9(2)17-21-14)15-10-6-11(18-3)13(20-5)12(7-10)19-4/h6-8,15H,1-5H3. The van der Waals surface area contributed by atoms with E-state index in [2.05, 4.69) is 15.5 Å². The Hall–Kier alpha value is -2.44. The van der Waals surface area contributed by atoms with Gasteiger partial charge in [0.15, 0.2) is 17.3 Å². The van der Waals surface area contributed by atoms with Crippen molar-refractivity contribution in [3.63, 3.8) is 0 Å². The maximum absolute atomic E-state index is 5.31. The lowest BCUT2D eigenvalue weighted by atomic mass is 10.2. The maximum Gasteiger partial charge on any atom is 0.248 e. The van der Waals surface area contributed by atoms with Crippen LogP contribution < -0.4 is 19.5 Å². The Labute approximate surface area is 123 Å². The van der Waals surface area contributed by atoms with Crippen LogP contribution in [0.2, 0.25) is 0 Å². The molecule has 0 bridgehead atoms. The van der Waals surface area contributed by atoms with Crippen LogP contribution in [0.15, 0.2) is 16.7 Å². The molecule has 114 valence electrons. The monoisotopic (exact) mass is 293 g/mol. The number of benzene rings is 1. The third-order valence-corrected chi connectivity index (χ3v) is 2.96. The number of anilines is 1. The molecule has 0 amide bonds. The van der Waals surface area contributed by atoms with Gasteiger partial charge < -0.3 is 24.1 Å². The number of rotatable bonds is 6. The molecule has 2 rings (SSSR count). The van der Waals surface area contributed by atoms with Crippen molar-refractivity contribution in [1.29, 1.82) is 0 Å². The van der Waals surface area contributed by atoms with E-state index in [0.717, 1.165) is 5.69 Å². The molecule has 0 aliphatic heterocycles. The van der Waals surface area contributed by atoms with Crippen molar-refractivity contribution in [2.24, 2.45) is 0 Å². The Morgan fingerprint density at radius 2 is 1.71 bits per heavy atom. The van der Waals surface area contributed by atoms with Crippen LogP contribution in [0.3, 0.4) is 0 Å². The molecule has 0 aliphatic carbocycles. The molecule has 0 spiro atoms. The number of hydrogen-bond acceptors (Lipinski definition) is 7. The van der Waals surface area contributed by atoms with Crippen molar-refractivity contribution in [1.82, 2.24) is 10.1 Å². The first-order valence-electron chi connectivity index (χ1n) is 6.45. The van der Waals surface area contributed by atoms with Gasteiger partial charge in [0.05, 0.1) is 21.3 Å². The van der Waals surface area contributed by atoms with E-state index in [9.17, 15) is 0 Å². The van der Waals surface area contributed by atoms with Crippen LogP contribution in [-0.2, 0) is 0 Å². The van der Waals surface area contributed by atoms with E-state index in [1.54, 1.807) is 28.3 Å². The highest BCUT2D eigenvalue weighted by Crippen LogP contribution is 2.40. The molecule has 1 N–H and O–H groups in total. The van der Waals surface area contributed by atoms with Crippen molar-refractivity contribution < 1.29 is 18.7 Å². The van der Waals surface area contributed by atoms with Crippen LogP contribution >= 0.6 is 0 Å². The number of hydrogen-bond donors (Lipinski definition) is 1. The summed E-state index contributed by atoms with van der Waals surface area (Å²) in [6.45, 7) is 3.70. The maximum atomic E-state index is 5.31. The van der Waals surface area contributed by atoms with Crippen molar-refractivity contribution in [2.45, 2.75) is 19.9 Å². The summed E-state index contributed by atoms with van der Waals surface area (Å²) in [5.74, 6) is 2.82. The molecule has 1 aromatic heterocycles. The molecule has 2 aromatic rings. The summed E-state index contributed by atoms with van der Waals surface area (Å²) in [4.78, 5) is 4.20. The van der Waals surface area contributed by atoms with Gasteiger partial charge in [0.1, 0.15) is 6.04 Å². The molecular weight excluding hydrogens is 274 g/mol. The quantitative estimate of drug-likeness (QED) is 0.876. The van der Waals surface area contributed by atoms with E-state index in [0.29, 0.717) is 29.0 Å². The predicted molar refractivity (Wildman–Crippen MR) is 77.2 cm³/mol. The van der Waals surface area contributed by atoms with E-state index in [1.165, 1.54) is 0 Å². The number of ether oxygens (including phenoxy) is 3. The van der Waals surface area contributed by atoms with E-state index in [1.807, 2.05) is 19.1 Å². The Kier molecular flexibility index (Phi) is 4.52. The molecule has 0 aliphatic rings. The molecule has 21 heavy (non-hydrogen) atoms. The molecule has 0 saturated heterocycles. The Balaban J connectivity index is 2.27. The van der Waals surface area contributed by atoms with Crippen LogP contribution in [0.1, 0.15) is 24.7 Å². The summed E-state index contributed by atoms with van der Waals surface area (Å²) in [5, 5.41) is 7.04. The fourth-order valence-corrected chi connectivity index (χ4v) is 1.97. The molecule has 1 heterocycles. The molecule has 7 heteroatoms. The van der Waals surface area contributed by atoms with Crippen LogP contribution in [0, 0.1) is 6.92 Å². The molecular formula is C14H19N3O4. The summed E-state index contributed by atoms with van der Waals surface area (Å²) in [6.07, 6.45) is 0. The van der Waals surface area contributed by atoms with Gasteiger partial charge in [-0.15, -0.1) is 0 Å². The average Bonchev–Trinajstić information content (AvgIpc) is 2.92. The van der Waals surface area contributed by atoms with Crippen molar-refractivity contribution in [3.05, 3.63) is 23.8 Å². The van der Waals surface area contributed by atoms with E-state index >= 15 is 0 Å². The minimum absolute atomic E-state index is 0.144. The number of aromatic nitrogens is 2. The van der Waals surface area contributed by atoms with Gasteiger partial charge in [-0.3, -0.25) is 0 Å². The zero-order valence-electron chi connectivity index (χ0n) is 12.8. The second-order valence-corrected chi connectivity index (χ2v) is 4.46. The Bertz CT molecular complexity index is 587. The molecule has 0 radical (unpaired) electrons. The van der Waals surface area contributed by atoms with Crippen LogP contribution in [0.4, 0.5) is 5.69 Å². The SMILES string of the molecule is COc1cc(NC(C)c2nc(C)no2)cc(OC)c1OC. The van der Waals surface area contributed by atoms with Crippen molar-refractivity contribution in [3.8, 4) is 17.2 Å². The molecule has 0 saturated carbocycles. The lowest BCUT2D eigenvalue weighted by molar-refractivity contribution is 0.324. The third kappa shape index (κ3) is 3.18. The van der Waals surface area contributed by atoms with Gasteiger partial charge in [-0.05, 0) is 13.8 Å². The average molecular weight is 293 g/mol. The topological polar surface area (TPSA) is 78.6 Å². The molecule has 1 atom stereocenters. The third-order valence-electron chi connectivity index (χ3n) is 2.96. The van der Waals surface area contributed by atoms with Crippen LogP contribution in [0.5, 0.6) is 17.2 Å². The summed E-state index contributed by atoms with van der Waals surface area (Å²) in [7, 11) is 4.72. The molecule has 7 nitrogen and oxygen atoms in total. The second kappa shape index (κ2) is 6.34. The summed E-state index contributed by atoms with van der Waals surface area (Å²) in [5.41, 5.74) is 0.799. The summed E-state index contributed by atoms with van der Waals surface area (Å²) >= 11 is 0. The normalized spacial score (nSPS) is 11.9. The lowest BCUT2D eigenvalue weighted by Gasteiger charge is -2.16. The Morgan fingerprint density at radius 3 is 2.14 bits per heavy atom. The molecule has 1 unspecified atom stereocenters. The minimum atomic E-state index is -0.144. The van der Waals surface area contributed by atoms with Crippen molar-refractivity contribution in [2.75, 3.05) is 26.6 Å². The second-order valence-electron chi connectivity index (χ2n) is 4.46. The summed E-state index contributed by atoms with van der Waals surface area (Å²) in [6, 6.07) is 3.50. The highest BCUT2D eigenvalue weighted by molar-refractivity contribution is 5.62. The Morgan fingerprint density at radius 1 is 1.10 bits per heavy atom. The minimum Gasteiger partial charge on any atom is -0.493 e. The van der Waals surface area contributed by atoms with E-state index in [4.69, 9.17) is 18.7 Å². The van der Waals surface area contributed by atoms with Gasteiger partial charge in [-0.25, -0.2) is 0 Å². The van der Waals surface area contributed by atoms with Gasteiger partial charge in [-0.2, -0.15) is 4.98 Å². The zero-order chi connectivity index (χ0) is 15.4. The van der Waals surface area contributed by atoms with E-state index in [-0.39, 0.29) is 6.04 Å². The number of nitrogens with one attached hydrogen (secondary N) is 1. The number of aryl methyl sites for hydroxylation is 1. The smallest absolute Gasteiger partial charge is 0.248 e. The van der Waals surface area contributed by atoms with E-state index < -0.39 is 0 Å². The van der Waals surface area contributed by atoms with Crippen molar-refractivity contribution >= 4 is 5.69 Å². The first-order valence-corrected chi connectivity index (χ1v) is 6.45. The first-order chi connectivity index (χ1) is 10.1. The largest absolute Gasteiger partial charge is 0.493 e. The zero-order valence-corrected chi connectivity index (χ0v) is 12.8. The highest BCUT2D eigenvalue weighted by Gasteiger charge is 2.17. The number of methoxy groups -OCH3 is 3. The fraction of sp³-hybridized carbons (Fsp3) is 0.429. The van der Waals surface area contributed by atoms with Gasteiger partial charge in [0, 0.05) is 17.8 Å². The van der Waals surface area contributed by atoms with Gasteiger partial charge in [-0.1, -0.05) is 5.16 Å². The first kappa shape index (κ1) is 15.0. The molecule has 1 aromatic carbocycles. The van der Waals surface area contributed by atoms with Crippen LogP contribution in [-0.4, -0.2) is 31.5 Å². The fourth-order valence-electron chi connectivity index (χ4n) is 1.97. The lowest BCUT2D eigenvalue weighted by Crippen LogP contribution is -2.08. The molecule has 0 fully saturated rings. The van der Waals surface area contributed by atoms with Crippen LogP contribution in [0.25, 0.3) is 0 Å². The predicted octanol–water partition coefficient (Wildman–Crippen LogP) is 2.58. The number of nitrogens with zero attached hydrogens (tertiary/aromatic N) is 2. The highest BCUT2D eigenvalue weighted by atomic mass is 16.5. The van der Waals surface area contributed by atoms with Gasteiger partial charge in [0.25, 0.3) is 0 Å².